The van der Waals surface area contributed by atoms with Crippen LogP contribution in [-0.2, 0) is 19.1 Å². The molecule has 0 saturated carbocycles. The predicted molar refractivity (Wildman–Crippen MR) is 115 cm³/mol. The van der Waals surface area contributed by atoms with E-state index < -0.39 is 23.9 Å². The molecule has 1 N–H and O–H groups in total. The van der Waals surface area contributed by atoms with Crippen LogP contribution in [0.2, 0.25) is 0 Å². The van der Waals surface area contributed by atoms with Gasteiger partial charge in [0, 0.05) is 31.3 Å². The van der Waals surface area contributed by atoms with Gasteiger partial charge >= 0.3 is 5.97 Å². The van der Waals surface area contributed by atoms with E-state index in [1.807, 2.05) is 38.1 Å². The SMILES string of the molecule is CC(=O)N1CCCC(C(=O)OC(C(=O)Nc2cc(C)cc(C)c2)c2ccccc2)C1. The van der Waals surface area contributed by atoms with Gasteiger partial charge in [-0.05, 0) is 49.9 Å². The fourth-order valence-corrected chi connectivity index (χ4v) is 3.82. The molecule has 1 aliphatic heterocycles. The van der Waals surface area contributed by atoms with E-state index in [9.17, 15) is 14.4 Å². The molecule has 1 aliphatic rings. The zero-order chi connectivity index (χ0) is 21.7. The number of nitrogens with one attached hydrogen (secondary N) is 1. The van der Waals surface area contributed by atoms with Gasteiger partial charge in [-0.3, -0.25) is 14.4 Å². The van der Waals surface area contributed by atoms with Gasteiger partial charge in [0.05, 0.1) is 5.92 Å². The summed E-state index contributed by atoms with van der Waals surface area (Å²) in [6.07, 6.45) is 0.319. The first-order valence-electron chi connectivity index (χ1n) is 10.2. The number of carbonyl (C=O) groups excluding carboxylic acids is 3. The van der Waals surface area contributed by atoms with Crippen molar-refractivity contribution >= 4 is 23.5 Å². The average molecular weight is 408 g/mol. The summed E-state index contributed by atoms with van der Waals surface area (Å²) in [6.45, 7) is 6.39. The first-order chi connectivity index (χ1) is 14.3. The quantitative estimate of drug-likeness (QED) is 0.764. The smallest absolute Gasteiger partial charge is 0.311 e. The van der Waals surface area contributed by atoms with E-state index in [1.165, 1.54) is 6.92 Å². The number of nitrogens with zero attached hydrogens (tertiary/aromatic N) is 1. The van der Waals surface area contributed by atoms with Crippen LogP contribution >= 0.6 is 0 Å². The summed E-state index contributed by atoms with van der Waals surface area (Å²) in [5.41, 5.74) is 3.33. The number of anilines is 1. The Labute approximate surface area is 177 Å². The molecule has 6 heteroatoms. The highest BCUT2D eigenvalue weighted by atomic mass is 16.5. The summed E-state index contributed by atoms with van der Waals surface area (Å²) in [5.74, 6) is -1.34. The maximum Gasteiger partial charge on any atom is 0.311 e. The van der Waals surface area contributed by atoms with Crippen molar-refractivity contribution in [2.75, 3.05) is 18.4 Å². The number of ether oxygens (including phenoxy) is 1. The lowest BCUT2D eigenvalue weighted by Gasteiger charge is -2.31. The number of aryl methyl sites for hydroxylation is 2. The number of likely N-dealkylation sites (tertiary alicyclic amines) is 1. The minimum Gasteiger partial charge on any atom is -0.447 e. The molecule has 3 rings (SSSR count). The monoisotopic (exact) mass is 408 g/mol. The highest BCUT2D eigenvalue weighted by Crippen LogP contribution is 2.25. The van der Waals surface area contributed by atoms with Crippen LogP contribution in [0.3, 0.4) is 0 Å². The molecule has 2 amide bonds. The molecule has 158 valence electrons. The number of esters is 1. The molecule has 0 bridgehead atoms. The molecule has 2 aromatic rings. The molecule has 2 unspecified atom stereocenters. The largest absolute Gasteiger partial charge is 0.447 e. The Bertz CT molecular complexity index is 906. The third-order valence-electron chi connectivity index (χ3n) is 5.26. The number of hydrogen-bond donors (Lipinski definition) is 1. The van der Waals surface area contributed by atoms with Gasteiger partial charge in [-0.1, -0.05) is 36.4 Å². The standard InChI is InChI=1S/C24H28N2O4/c1-16-12-17(2)14-21(13-16)25-23(28)22(19-8-5-4-6-9-19)30-24(29)20-10-7-11-26(15-20)18(3)27/h4-6,8-9,12-14,20,22H,7,10-11,15H2,1-3H3,(H,25,28). The van der Waals surface area contributed by atoms with Crippen molar-refractivity contribution < 1.29 is 19.1 Å². The van der Waals surface area contributed by atoms with E-state index in [0.29, 0.717) is 30.8 Å². The Kier molecular flexibility index (Phi) is 6.87. The summed E-state index contributed by atoms with van der Waals surface area (Å²) < 4.78 is 5.71. The molecular formula is C24H28N2O4. The highest BCUT2D eigenvalue weighted by molar-refractivity contribution is 5.96. The topological polar surface area (TPSA) is 75.7 Å². The molecule has 1 heterocycles. The number of amides is 2. The van der Waals surface area contributed by atoms with Crippen LogP contribution in [0, 0.1) is 19.8 Å². The summed E-state index contributed by atoms with van der Waals surface area (Å²) in [7, 11) is 0. The molecule has 2 aromatic carbocycles. The van der Waals surface area contributed by atoms with Crippen LogP contribution in [0.25, 0.3) is 0 Å². The Morgan fingerprint density at radius 1 is 1.07 bits per heavy atom. The van der Waals surface area contributed by atoms with Gasteiger partial charge in [0.1, 0.15) is 0 Å². The van der Waals surface area contributed by atoms with E-state index in [-0.39, 0.29) is 5.91 Å². The predicted octanol–water partition coefficient (Wildman–Crippen LogP) is 3.78. The van der Waals surface area contributed by atoms with Crippen LogP contribution < -0.4 is 5.32 Å². The van der Waals surface area contributed by atoms with Crippen molar-refractivity contribution in [1.82, 2.24) is 4.90 Å². The van der Waals surface area contributed by atoms with E-state index >= 15 is 0 Å². The third-order valence-corrected chi connectivity index (χ3v) is 5.26. The molecule has 0 spiro atoms. The number of carbonyl (C=O) groups is 3. The van der Waals surface area contributed by atoms with Crippen molar-refractivity contribution in [1.29, 1.82) is 0 Å². The van der Waals surface area contributed by atoms with Crippen LogP contribution in [0.4, 0.5) is 5.69 Å². The molecule has 0 radical (unpaired) electrons. The zero-order valence-electron chi connectivity index (χ0n) is 17.7. The van der Waals surface area contributed by atoms with Gasteiger partial charge in [0.25, 0.3) is 5.91 Å². The first-order valence-corrected chi connectivity index (χ1v) is 10.2. The molecule has 0 aromatic heterocycles. The van der Waals surface area contributed by atoms with Crippen molar-refractivity contribution in [3.63, 3.8) is 0 Å². The van der Waals surface area contributed by atoms with Gasteiger partial charge in [-0.2, -0.15) is 0 Å². The van der Waals surface area contributed by atoms with Gasteiger partial charge < -0.3 is 15.0 Å². The lowest BCUT2D eigenvalue weighted by molar-refractivity contribution is -0.161. The second-order valence-corrected chi connectivity index (χ2v) is 7.90. The number of hydrogen-bond acceptors (Lipinski definition) is 4. The molecule has 6 nitrogen and oxygen atoms in total. The summed E-state index contributed by atoms with van der Waals surface area (Å²) in [6, 6.07) is 14.8. The number of benzene rings is 2. The lowest BCUT2D eigenvalue weighted by atomic mass is 9.98. The second kappa shape index (κ2) is 9.57. The molecule has 0 aliphatic carbocycles. The zero-order valence-corrected chi connectivity index (χ0v) is 17.7. The Hall–Kier alpha value is -3.15. The fourth-order valence-electron chi connectivity index (χ4n) is 3.82. The molecular weight excluding hydrogens is 380 g/mol. The normalized spacial score (nSPS) is 17.2. The van der Waals surface area contributed by atoms with Crippen molar-refractivity contribution in [3.8, 4) is 0 Å². The van der Waals surface area contributed by atoms with E-state index in [0.717, 1.165) is 17.5 Å². The minimum atomic E-state index is -1.06. The minimum absolute atomic E-state index is 0.0559. The highest BCUT2D eigenvalue weighted by Gasteiger charge is 2.32. The number of rotatable bonds is 5. The molecule has 30 heavy (non-hydrogen) atoms. The summed E-state index contributed by atoms with van der Waals surface area (Å²) in [5, 5.41) is 2.88. The maximum atomic E-state index is 13.1. The molecule has 1 fully saturated rings. The van der Waals surface area contributed by atoms with Crippen LogP contribution in [0.15, 0.2) is 48.5 Å². The second-order valence-electron chi connectivity index (χ2n) is 7.90. The lowest BCUT2D eigenvalue weighted by Crippen LogP contribution is -2.42. The van der Waals surface area contributed by atoms with E-state index in [4.69, 9.17) is 4.74 Å². The van der Waals surface area contributed by atoms with Gasteiger partial charge in [-0.25, -0.2) is 0 Å². The third kappa shape index (κ3) is 5.47. The number of piperidine rings is 1. The summed E-state index contributed by atoms with van der Waals surface area (Å²) >= 11 is 0. The molecule has 1 saturated heterocycles. The Morgan fingerprint density at radius 3 is 2.37 bits per heavy atom. The van der Waals surface area contributed by atoms with Gasteiger partial charge in [-0.15, -0.1) is 0 Å². The van der Waals surface area contributed by atoms with Gasteiger partial charge in [0.15, 0.2) is 0 Å². The van der Waals surface area contributed by atoms with E-state index in [1.54, 1.807) is 29.2 Å². The average Bonchev–Trinajstić information content (AvgIpc) is 2.71. The maximum absolute atomic E-state index is 13.1. The fraction of sp³-hybridized carbons (Fsp3) is 0.375. The van der Waals surface area contributed by atoms with Crippen molar-refractivity contribution in [2.45, 2.75) is 39.7 Å². The van der Waals surface area contributed by atoms with Crippen molar-refractivity contribution in [3.05, 3.63) is 65.2 Å². The Balaban J connectivity index is 1.78. The first kappa shape index (κ1) is 21.6. The van der Waals surface area contributed by atoms with Crippen LogP contribution in [0.1, 0.15) is 42.6 Å². The van der Waals surface area contributed by atoms with Crippen LogP contribution in [-0.4, -0.2) is 35.8 Å². The Morgan fingerprint density at radius 2 is 1.73 bits per heavy atom. The molecule has 2 atom stereocenters. The van der Waals surface area contributed by atoms with E-state index in [2.05, 4.69) is 5.32 Å². The summed E-state index contributed by atoms with van der Waals surface area (Å²) in [4.78, 5) is 39.3. The van der Waals surface area contributed by atoms with Crippen molar-refractivity contribution in [2.24, 2.45) is 5.92 Å². The van der Waals surface area contributed by atoms with Gasteiger partial charge in [0.2, 0.25) is 12.0 Å². The van der Waals surface area contributed by atoms with Crippen LogP contribution in [0.5, 0.6) is 0 Å².